The monoisotopic (exact) mass is 286 g/mol. The fourth-order valence-corrected chi connectivity index (χ4v) is 2.08. The molecule has 1 fully saturated rings. The third-order valence-corrected chi connectivity index (χ3v) is 3.58. The minimum atomic E-state index is -0.338. The molecule has 96 valence electrons. The first-order valence-corrected chi connectivity index (χ1v) is 6.48. The van der Waals surface area contributed by atoms with Crippen molar-refractivity contribution in [3.63, 3.8) is 0 Å². The third kappa shape index (κ3) is 3.03. The molecule has 0 heterocycles. The molecule has 0 saturated heterocycles. The van der Waals surface area contributed by atoms with Crippen LogP contribution in [-0.4, -0.2) is 18.4 Å². The summed E-state index contributed by atoms with van der Waals surface area (Å²) >= 11 is 11.7. The maximum atomic E-state index is 11.8. The molecule has 1 aromatic rings. The number of carbonyl (C=O) groups is 2. The highest BCUT2D eigenvalue weighted by atomic mass is 35.5. The van der Waals surface area contributed by atoms with Gasteiger partial charge in [0.05, 0.1) is 10.9 Å². The van der Waals surface area contributed by atoms with Gasteiger partial charge >= 0.3 is 5.97 Å². The van der Waals surface area contributed by atoms with Gasteiger partial charge in [0.25, 0.3) is 0 Å². The van der Waals surface area contributed by atoms with Gasteiger partial charge in [0.2, 0.25) is 5.78 Å². The van der Waals surface area contributed by atoms with Crippen molar-refractivity contribution >= 4 is 35.0 Å². The second-order valence-corrected chi connectivity index (χ2v) is 5.13. The molecular weight excluding hydrogens is 275 g/mol. The predicted molar refractivity (Wildman–Crippen MR) is 69.1 cm³/mol. The number of ether oxygens (including phenoxy) is 1. The van der Waals surface area contributed by atoms with Crippen LogP contribution in [0, 0.1) is 5.92 Å². The van der Waals surface area contributed by atoms with E-state index >= 15 is 0 Å². The molecule has 0 spiro atoms. The zero-order chi connectivity index (χ0) is 13.1. The van der Waals surface area contributed by atoms with E-state index in [2.05, 4.69) is 0 Å². The SMILES string of the molecule is O=C(COC(=O)C1CCC1)c1cc(Cl)ccc1Cl. The molecule has 5 heteroatoms. The summed E-state index contributed by atoms with van der Waals surface area (Å²) in [6.07, 6.45) is 2.75. The highest BCUT2D eigenvalue weighted by Gasteiger charge is 2.27. The number of esters is 1. The van der Waals surface area contributed by atoms with Crippen LogP contribution in [0.25, 0.3) is 0 Å². The number of carbonyl (C=O) groups excluding carboxylic acids is 2. The van der Waals surface area contributed by atoms with E-state index in [1.807, 2.05) is 0 Å². The van der Waals surface area contributed by atoms with Gasteiger partial charge in [-0.2, -0.15) is 0 Å². The van der Waals surface area contributed by atoms with E-state index in [9.17, 15) is 9.59 Å². The molecule has 0 bridgehead atoms. The van der Waals surface area contributed by atoms with Gasteiger partial charge < -0.3 is 4.74 Å². The predicted octanol–water partition coefficient (Wildman–Crippen LogP) is 3.52. The summed E-state index contributed by atoms with van der Waals surface area (Å²) in [5.74, 6) is -0.671. The van der Waals surface area contributed by atoms with E-state index < -0.39 is 0 Å². The second-order valence-electron chi connectivity index (χ2n) is 4.28. The zero-order valence-electron chi connectivity index (χ0n) is 9.62. The van der Waals surface area contributed by atoms with Crippen LogP contribution in [0.3, 0.4) is 0 Å². The number of Topliss-reactive ketones (excluding diaryl/α,β-unsaturated/α-hetero) is 1. The number of hydrogen-bond acceptors (Lipinski definition) is 3. The molecule has 3 nitrogen and oxygen atoms in total. The van der Waals surface area contributed by atoms with Crippen molar-refractivity contribution in [1.82, 2.24) is 0 Å². The van der Waals surface area contributed by atoms with Crippen molar-refractivity contribution in [2.45, 2.75) is 19.3 Å². The Kier molecular flexibility index (Phi) is 4.25. The van der Waals surface area contributed by atoms with Gasteiger partial charge in [-0.05, 0) is 31.0 Å². The van der Waals surface area contributed by atoms with E-state index in [0.29, 0.717) is 10.0 Å². The Morgan fingerprint density at radius 1 is 1.28 bits per heavy atom. The van der Waals surface area contributed by atoms with Gasteiger partial charge in [0.1, 0.15) is 0 Å². The van der Waals surface area contributed by atoms with Crippen LogP contribution < -0.4 is 0 Å². The lowest BCUT2D eigenvalue weighted by atomic mass is 9.86. The lowest BCUT2D eigenvalue weighted by Crippen LogP contribution is -2.26. The van der Waals surface area contributed by atoms with Gasteiger partial charge in [-0.25, -0.2) is 0 Å². The Labute approximate surface area is 115 Å². The number of halogens is 2. The molecule has 0 aromatic heterocycles. The maximum Gasteiger partial charge on any atom is 0.309 e. The Morgan fingerprint density at radius 3 is 2.61 bits per heavy atom. The first-order valence-electron chi connectivity index (χ1n) is 5.73. The van der Waals surface area contributed by atoms with E-state index in [0.717, 1.165) is 19.3 Å². The molecule has 2 rings (SSSR count). The summed E-state index contributed by atoms with van der Waals surface area (Å²) in [7, 11) is 0. The Bertz CT molecular complexity index is 481. The van der Waals surface area contributed by atoms with Gasteiger partial charge in [-0.15, -0.1) is 0 Å². The summed E-state index contributed by atoms with van der Waals surface area (Å²) in [6, 6.07) is 4.62. The van der Waals surface area contributed by atoms with Crippen LogP contribution in [0.1, 0.15) is 29.6 Å². The quantitative estimate of drug-likeness (QED) is 0.628. The van der Waals surface area contributed by atoms with Crippen LogP contribution in [0.2, 0.25) is 10.0 Å². The zero-order valence-corrected chi connectivity index (χ0v) is 11.1. The lowest BCUT2D eigenvalue weighted by molar-refractivity contribution is -0.150. The first-order chi connectivity index (χ1) is 8.58. The summed E-state index contributed by atoms with van der Waals surface area (Å²) < 4.78 is 4.97. The van der Waals surface area contributed by atoms with Crippen molar-refractivity contribution in [2.75, 3.05) is 6.61 Å². The number of hydrogen-bond donors (Lipinski definition) is 0. The number of benzene rings is 1. The minimum Gasteiger partial charge on any atom is -0.457 e. The molecule has 0 unspecified atom stereocenters. The molecule has 0 amide bonds. The molecule has 0 aliphatic heterocycles. The summed E-state index contributed by atoms with van der Waals surface area (Å²) in [6.45, 7) is -0.282. The number of ketones is 1. The van der Waals surface area contributed by atoms with Gasteiger partial charge in [-0.3, -0.25) is 9.59 Å². The molecule has 1 aliphatic rings. The molecular formula is C13H12Cl2O3. The molecule has 1 saturated carbocycles. The van der Waals surface area contributed by atoms with Crippen molar-refractivity contribution in [2.24, 2.45) is 5.92 Å². The Morgan fingerprint density at radius 2 is 2.00 bits per heavy atom. The second kappa shape index (κ2) is 5.72. The fourth-order valence-electron chi connectivity index (χ4n) is 1.69. The molecule has 1 aromatic carbocycles. The van der Waals surface area contributed by atoms with Gasteiger partial charge in [0, 0.05) is 10.6 Å². The Balaban J connectivity index is 1.94. The van der Waals surface area contributed by atoms with Gasteiger partial charge in [-0.1, -0.05) is 29.6 Å². The minimum absolute atomic E-state index is 0.0346. The van der Waals surface area contributed by atoms with Crippen LogP contribution >= 0.6 is 23.2 Å². The largest absolute Gasteiger partial charge is 0.457 e. The maximum absolute atomic E-state index is 11.8. The topological polar surface area (TPSA) is 43.4 Å². The molecule has 1 aliphatic carbocycles. The third-order valence-electron chi connectivity index (χ3n) is 3.01. The Hall–Kier alpha value is -1.06. The van der Waals surface area contributed by atoms with E-state index in [1.165, 1.54) is 6.07 Å². The van der Waals surface area contributed by atoms with E-state index in [-0.39, 0.29) is 29.8 Å². The van der Waals surface area contributed by atoms with Crippen LogP contribution in [-0.2, 0) is 9.53 Å². The fraction of sp³-hybridized carbons (Fsp3) is 0.385. The molecule has 0 N–H and O–H groups in total. The van der Waals surface area contributed by atoms with Crippen molar-refractivity contribution < 1.29 is 14.3 Å². The van der Waals surface area contributed by atoms with Crippen LogP contribution in [0.15, 0.2) is 18.2 Å². The molecule has 0 radical (unpaired) electrons. The summed E-state index contributed by atoms with van der Waals surface area (Å²) in [5, 5.41) is 0.733. The average molecular weight is 287 g/mol. The van der Waals surface area contributed by atoms with Crippen molar-refractivity contribution in [3.05, 3.63) is 33.8 Å². The lowest BCUT2D eigenvalue weighted by Gasteiger charge is -2.22. The van der Waals surface area contributed by atoms with Gasteiger partial charge in [0.15, 0.2) is 6.61 Å². The van der Waals surface area contributed by atoms with E-state index in [1.54, 1.807) is 12.1 Å². The normalized spacial score (nSPS) is 15.0. The van der Waals surface area contributed by atoms with Crippen LogP contribution in [0.4, 0.5) is 0 Å². The highest BCUT2D eigenvalue weighted by molar-refractivity contribution is 6.36. The van der Waals surface area contributed by atoms with E-state index in [4.69, 9.17) is 27.9 Å². The molecule has 18 heavy (non-hydrogen) atoms. The first kappa shape index (κ1) is 13.4. The smallest absolute Gasteiger partial charge is 0.309 e. The number of rotatable bonds is 4. The van der Waals surface area contributed by atoms with Crippen molar-refractivity contribution in [3.8, 4) is 0 Å². The highest BCUT2D eigenvalue weighted by Crippen LogP contribution is 2.27. The summed E-state index contributed by atoms with van der Waals surface area (Å²) in [5.41, 5.74) is 0.283. The summed E-state index contributed by atoms with van der Waals surface area (Å²) in [4.78, 5) is 23.3. The standard InChI is InChI=1S/C13H12Cl2O3/c14-9-4-5-11(15)10(6-9)12(16)7-18-13(17)8-2-1-3-8/h4-6,8H,1-3,7H2. The molecule has 0 atom stereocenters. The van der Waals surface area contributed by atoms with Crippen molar-refractivity contribution in [1.29, 1.82) is 0 Å². The average Bonchev–Trinajstić information content (AvgIpc) is 2.27. The van der Waals surface area contributed by atoms with Crippen LogP contribution in [0.5, 0.6) is 0 Å².